The third-order valence-corrected chi connectivity index (χ3v) is 8.30. The molecule has 2 saturated carbocycles. The molecule has 5 aliphatic rings. The second-order valence-electron chi connectivity index (χ2n) is 9.21. The number of carbonyl (C=O) groups excluding carboxylic acids is 2. The lowest BCUT2D eigenvalue weighted by molar-refractivity contribution is -0.234. The Kier molecular flexibility index (Phi) is 2.97. The Labute approximate surface area is 151 Å². The van der Waals surface area contributed by atoms with Crippen molar-refractivity contribution in [2.24, 2.45) is 28.6 Å². The van der Waals surface area contributed by atoms with Crippen molar-refractivity contribution < 1.29 is 34.4 Å². The minimum Gasteiger partial charge on any atom is -0.456 e. The predicted octanol–water partition coefficient (Wildman–Crippen LogP) is -0.429. The van der Waals surface area contributed by atoms with Crippen LogP contribution in [0.5, 0.6) is 0 Å². The van der Waals surface area contributed by atoms with E-state index in [1.807, 2.05) is 6.92 Å². The molecule has 0 amide bonds. The molecule has 2 heterocycles. The second-order valence-corrected chi connectivity index (χ2v) is 9.21. The number of fused-ring (bicyclic) bond motifs is 2. The van der Waals surface area contributed by atoms with E-state index in [0.717, 1.165) is 5.57 Å². The van der Waals surface area contributed by atoms with Crippen LogP contribution < -0.4 is 0 Å². The number of esters is 1. The summed E-state index contributed by atoms with van der Waals surface area (Å²) in [6.45, 7) is 5.46. The maximum atomic E-state index is 12.7. The third-order valence-electron chi connectivity index (χ3n) is 8.30. The van der Waals surface area contributed by atoms with Crippen LogP contribution in [-0.2, 0) is 19.1 Å². The molecule has 26 heavy (non-hydrogen) atoms. The monoisotopic (exact) mass is 364 g/mol. The largest absolute Gasteiger partial charge is 0.456 e. The second kappa shape index (κ2) is 4.58. The minimum absolute atomic E-state index is 0.106. The van der Waals surface area contributed by atoms with Crippen molar-refractivity contribution in [3.63, 3.8) is 0 Å². The van der Waals surface area contributed by atoms with Gasteiger partial charge in [0.05, 0.1) is 24.7 Å². The van der Waals surface area contributed by atoms with Gasteiger partial charge in [-0.1, -0.05) is 12.5 Å². The minimum atomic E-state index is -1.31. The summed E-state index contributed by atoms with van der Waals surface area (Å²) in [4.78, 5) is 25.1. The highest BCUT2D eigenvalue weighted by molar-refractivity contribution is 5.96. The quantitative estimate of drug-likeness (QED) is 0.500. The van der Waals surface area contributed by atoms with Gasteiger partial charge in [-0.2, -0.15) is 0 Å². The molecule has 0 unspecified atom stereocenters. The van der Waals surface area contributed by atoms with Crippen LogP contribution in [0.15, 0.2) is 11.6 Å². The highest BCUT2D eigenvalue weighted by Gasteiger charge is 2.83. The lowest BCUT2D eigenvalue weighted by atomic mass is 9.39. The Bertz CT molecular complexity index is 761. The molecular weight excluding hydrogens is 340 g/mol. The molecule has 10 atom stereocenters. The summed E-state index contributed by atoms with van der Waals surface area (Å²) in [5.74, 6) is -2.54. The Morgan fingerprint density at radius 2 is 1.88 bits per heavy atom. The predicted molar refractivity (Wildman–Crippen MR) is 86.6 cm³/mol. The Morgan fingerprint density at radius 1 is 1.19 bits per heavy atom. The fraction of sp³-hybridized carbons (Fsp3) is 0.789. The van der Waals surface area contributed by atoms with E-state index in [1.165, 1.54) is 6.08 Å². The van der Waals surface area contributed by atoms with Crippen molar-refractivity contribution in [1.29, 1.82) is 0 Å². The van der Waals surface area contributed by atoms with Gasteiger partial charge in [0, 0.05) is 16.7 Å². The molecule has 3 aliphatic carbocycles. The maximum absolute atomic E-state index is 12.7. The van der Waals surface area contributed by atoms with E-state index >= 15 is 0 Å². The van der Waals surface area contributed by atoms with Gasteiger partial charge in [-0.05, 0) is 32.3 Å². The van der Waals surface area contributed by atoms with Gasteiger partial charge < -0.3 is 24.8 Å². The van der Waals surface area contributed by atoms with Gasteiger partial charge in [-0.15, -0.1) is 0 Å². The fourth-order valence-electron chi connectivity index (χ4n) is 7.27. The van der Waals surface area contributed by atoms with E-state index in [9.17, 15) is 24.9 Å². The molecule has 0 aromatic heterocycles. The van der Waals surface area contributed by atoms with Crippen molar-refractivity contribution in [2.45, 2.75) is 57.2 Å². The Morgan fingerprint density at radius 3 is 2.58 bits per heavy atom. The van der Waals surface area contributed by atoms with E-state index in [1.54, 1.807) is 13.8 Å². The summed E-state index contributed by atoms with van der Waals surface area (Å²) in [6.07, 6.45) is -2.46. The average molecular weight is 364 g/mol. The SMILES string of the molecule is CC1=CC(=O)[C@H](O)[C@@]2(C)[C@H]1C[C@@H](O)[C@]13CO[C@@]4(C)[C@H](OC(=O)[C@H]41)[C@H](O)[C@@H]23. The molecule has 4 fully saturated rings. The Balaban J connectivity index is 1.77. The maximum Gasteiger partial charge on any atom is 0.313 e. The number of carbonyl (C=O) groups is 2. The number of ketones is 1. The van der Waals surface area contributed by atoms with Crippen molar-refractivity contribution in [1.82, 2.24) is 0 Å². The van der Waals surface area contributed by atoms with Crippen LogP contribution >= 0.6 is 0 Å². The first-order valence-corrected chi connectivity index (χ1v) is 9.20. The molecule has 7 heteroatoms. The number of hydrogen-bond donors (Lipinski definition) is 3. The summed E-state index contributed by atoms with van der Waals surface area (Å²) in [5, 5.41) is 33.3. The van der Waals surface area contributed by atoms with Gasteiger partial charge in [0.2, 0.25) is 0 Å². The van der Waals surface area contributed by atoms with E-state index in [2.05, 4.69) is 0 Å². The molecule has 7 nitrogen and oxygen atoms in total. The number of aliphatic hydroxyl groups excluding tert-OH is 3. The number of aliphatic hydroxyl groups is 3. The molecule has 2 saturated heterocycles. The molecule has 4 bridgehead atoms. The van der Waals surface area contributed by atoms with Crippen LogP contribution in [0.3, 0.4) is 0 Å². The van der Waals surface area contributed by atoms with Crippen LogP contribution in [0.4, 0.5) is 0 Å². The highest BCUT2D eigenvalue weighted by atomic mass is 16.6. The number of rotatable bonds is 0. The molecule has 0 radical (unpaired) electrons. The van der Waals surface area contributed by atoms with Crippen LogP contribution in [0.25, 0.3) is 0 Å². The molecule has 2 aliphatic heterocycles. The van der Waals surface area contributed by atoms with Gasteiger partial charge in [-0.25, -0.2) is 0 Å². The molecular formula is C19H24O7. The molecule has 3 N–H and O–H groups in total. The summed E-state index contributed by atoms with van der Waals surface area (Å²) in [7, 11) is 0. The molecule has 142 valence electrons. The first kappa shape index (κ1) is 16.9. The van der Waals surface area contributed by atoms with Gasteiger partial charge in [0.15, 0.2) is 11.9 Å². The molecule has 5 rings (SSSR count). The fourth-order valence-corrected chi connectivity index (χ4v) is 7.27. The van der Waals surface area contributed by atoms with Gasteiger partial charge in [-0.3, -0.25) is 9.59 Å². The van der Waals surface area contributed by atoms with Crippen molar-refractivity contribution >= 4 is 11.8 Å². The molecule has 0 aromatic carbocycles. The summed E-state index contributed by atoms with van der Waals surface area (Å²) < 4.78 is 11.5. The Hall–Kier alpha value is -1.28. The van der Waals surface area contributed by atoms with E-state index in [0.29, 0.717) is 6.42 Å². The lowest BCUT2D eigenvalue weighted by Crippen LogP contribution is -2.73. The average Bonchev–Trinajstić information content (AvgIpc) is 2.94. The zero-order valence-corrected chi connectivity index (χ0v) is 15.0. The zero-order valence-electron chi connectivity index (χ0n) is 15.0. The lowest BCUT2D eigenvalue weighted by Gasteiger charge is -2.63. The summed E-state index contributed by atoms with van der Waals surface area (Å²) in [5.41, 5.74) is -2.28. The van der Waals surface area contributed by atoms with Gasteiger partial charge in [0.1, 0.15) is 11.7 Å². The summed E-state index contributed by atoms with van der Waals surface area (Å²) >= 11 is 0. The van der Waals surface area contributed by atoms with Crippen molar-refractivity contribution in [3.8, 4) is 0 Å². The van der Waals surface area contributed by atoms with Crippen LogP contribution in [0.2, 0.25) is 0 Å². The highest BCUT2D eigenvalue weighted by Crippen LogP contribution is 2.72. The zero-order chi connectivity index (χ0) is 18.8. The van der Waals surface area contributed by atoms with Crippen molar-refractivity contribution in [2.75, 3.05) is 6.61 Å². The standard InChI is InChI=1S/C19H24O7/c1-7-4-9(20)14(23)17(2)8(7)5-10(21)19-6-25-18(3)13(19)16(24)26-15(18)11(22)12(17)19/h4,8,10-15,21-23H,5-6H2,1-3H3/t8-,10+,11+,12-,13+,14-,15+,17-,18+,19-/m0/s1. The first-order chi connectivity index (χ1) is 12.1. The topological polar surface area (TPSA) is 113 Å². The number of hydrogen-bond acceptors (Lipinski definition) is 7. The number of ether oxygens (including phenoxy) is 2. The van der Waals surface area contributed by atoms with E-state index in [4.69, 9.17) is 9.47 Å². The third kappa shape index (κ3) is 1.46. The number of allylic oxidation sites excluding steroid dienone is 1. The van der Waals surface area contributed by atoms with Crippen LogP contribution in [0.1, 0.15) is 27.2 Å². The molecule has 1 spiro atoms. The van der Waals surface area contributed by atoms with Crippen LogP contribution in [-0.4, -0.2) is 63.7 Å². The van der Waals surface area contributed by atoms with Gasteiger partial charge >= 0.3 is 5.97 Å². The van der Waals surface area contributed by atoms with E-state index < -0.39 is 64.4 Å². The smallest absolute Gasteiger partial charge is 0.313 e. The van der Waals surface area contributed by atoms with Gasteiger partial charge in [0.25, 0.3) is 0 Å². The van der Waals surface area contributed by atoms with Crippen molar-refractivity contribution in [3.05, 3.63) is 11.6 Å². The molecule has 0 aromatic rings. The van der Waals surface area contributed by atoms with E-state index in [-0.39, 0.29) is 12.5 Å². The normalized spacial score (nSPS) is 60.2. The first-order valence-electron chi connectivity index (χ1n) is 9.20. The van der Waals surface area contributed by atoms with Crippen LogP contribution in [0, 0.1) is 28.6 Å². The summed E-state index contributed by atoms with van der Waals surface area (Å²) in [6, 6.07) is 0.